The molecule has 1 heterocycles. The Morgan fingerprint density at radius 3 is 2.57 bits per heavy atom. The molecule has 0 amide bonds. The highest BCUT2D eigenvalue weighted by atomic mass is 32.2. The van der Waals surface area contributed by atoms with E-state index in [0.29, 0.717) is 12.1 Å². The lowest BCUT2D eigenvalue weighted by atomic mass is 10.2. The first-order valence-electron chi connectivity index (χ1n) is 7.98. The van der Waals surface area contributed by atoms with Gasteiger partial charge >= 0.3 is 0 Å². The molecular formula is C17H28N2OS. The summed E-state index contributed by atoms with van der Waals surface area (Å²) in [7, 11) is 0. The minimum absolute atomic E-state index is 0.538. The van der Waals surface area contributed by atoms with E-state index in [1.807, 2.05) is 11.8 Å². The number of benzene rings is 1. The lowest BCUT2D eigenvalue weighted by Gasteiger charge is -2.29. The molecule has 4 heteroatoms. The molecular weight excluding hydrogens is 280 g/mol. The Morgan fingerprint density at radius 2 is 1.90 bits per heavy atom. The van der Waals surface area contributed by atoms with Crippen LogP contribution in [0.1, 0.15) is 20.3 Å². The molecule has 2 rings (SSSR count). The van der Waals surface area contributed by atoms with Gasteiger partial charge in [-0.05, 0) is 25.1 Å². The van der Waals surface area contributed by atoms with Gasteiger partial charge in [0.15, 0.2) is 0 Å². The SMILES string of the molecule is CC(C)N[C@H](CCN1CCOCC1)CSc1ccccc1. The smallest absolute Gasteiger partial charge is 0.0594 e. The summed E-state index contributed by atoms with van der Waals surface area (Å²) < 4.78 is 5.42. The third kappa shape index (κ3) is 6.83. The second-order valence-electron chi connectivity index (χ2n) is 5.89. The first-order chi connectivity index (χ1) is 10.2. The monoisotopic (exact) mass is 308 g/mol. The van der Waals surface area contributed by atoms with Crippen molar-refractivity contribution in [2.24, 2.45) is 0 Å². The number of nitrogens with zero attached hydrogens (tertiary/aromatic N) is 1. The van der Waals surface area contributed by atoms with E-state index in [-0.39, 0.29) is 0 Å². The molecule has 1 aromatic carbocycles. The summed E-state index contributed by atoms with van der Waals surface area (Å²) in [6, 6.07) is 11.8. The molecule has 1 aliphatic heterocycles. The molecule has 1 aromatic rings. The van der Waals surface area contributed by atoms with E-state index in [0.717, 1.165) is 32.1 Å². The molecule has 0 unspecified atom stereocenters. The van der Waals surface area contributed by atoms with Gasteiger partial charge in [0.1, 0.15) is 0 Å². The zero-order valence-corrected chi connectivity index (χ0v) is 14.1. The Balaban J connectivity index is 1.76. The minimum Gasteiger partial charge on any atom is -0.379 e. The predicted molar refractivity (Wildman–Crippen MR) is 91.1 cm³/mol. The molecule has 0 aromatic heterocycles. The van der Waals surface area contributed by atoms with Crippen LogP contribution in [0.15, 0.2) is 35.2 Å². The molecule has 1 aliphatic rings. The second-order valence-corrected chi connectivity index (χ2v) is 6.98. The van der Waals surface area contributed by atoms with Crippen molar-refractivity contribution in [2.45, 2.75) is 37.2 Å². The highest BCUT2D eigenvalue weighted by molar-refractivity contribution is 7.99. The van der Waals surface area contributed by atoms with E-state index in [1.165, 1.54) is 17.9 Å². The molecule has 21 heavy (non-hydrogen) atoms. The fraction of sp³-hybridized carbons (Fsp3) is 0.647. The number of ether oxygens (including phenoxy) is 1. The van der Waals surface area contributed by atoms with Crippen molar-refractivity contribution >= 4 is 11.8 Å². The van der Waals surface area contributed by atoms with E-state index < -0.39 is 0 Å². The Kier molecular flexibility index (Phi) is 7.58. The number of nitrogens with one attached hydrogen (secondary N) is 1. The van der Waals surface area contributed by atoms with Gasteiger partial charge in [-0.15, -0.1) is 11.8 Å². The molecule has 1 fully saturated rings. The normalized spacial score (nSPS) is 18.0. The van der Waals surface area contributed by atoms with Crippen molar-refractivity contribution in [3.63, 3.8) is 0 Å². The lowest BCUT2D eigenvalue weighted by molar-refractivity contribution is 0.0363. The number of thioether (sulfide) groups is 1. The summed E-state index contributed by atoms with van der Waals surface area (Å²) in [6.45, 7) is 9.58. The number of hydrogen-bond donors (Lipinski definition) is 1. The first-order valence-corrected chi connectivity index (χ1v) is 8.96. The minimum atomic E-state index is 0.538. The largest absolute Gasteiger partial charge is 0.379 e. The molecule has 0 bridgehead atoms. The summed E-state index contributed by atoms with van der Waals surface area (Å²) in [5, 5.41) is 3.71. The second kappa shape index (κ2) is 9.46. The molecule has 0 aliphatic carbocycles. The Hall–Kier alpha value is -0.550. The molecule has 0 radical (unpaired) electrons. The highest BCUT2D eigenvalue weighted by Crippen LogP contribution is 2.19. The van der Waals surface area contributed by atoms with E-state index in [1.54, 1.807) is 0 Å². The van der Waals surface area contributed by atoms with Gasteiger partial charge in [-0.1, -0.05) is 32.0 Å². The van der Waals surface area contributed by atoms with Gasteiger partial charge in [0.2, 0.25) is 0 Å². The first kappa shape index (κ1) is 16.8. The van der Waals surface area contributed by atoms with Crippen LogP contribution in [-0.2, 0) is 4.74 Å². The van der Waals surface area contributed by atoms with Crippen molar-refractivity contribution in [2.75, 3.05) is 38.6 Å². The third-order valence-electron chi connectivity index (χ3n) is 3.66. The van der Waals surface area contributed by atoms with Gasteiger partial charge in [-0.25, -0.2) is 0 Å². The van der Waals surface area contributed by atoms with Crippen LogP contribution in [0.3, 0.4) is 0 Å². The number of rotatable bonds is 8. The molecule has 1 N–H and O–H groups in total. The predicted octanol–water partition coefficient (Wildman–Crippen LogP) is 2.87. The van der Waals surface area contributed by atoms with Crippen molar-refractivity contribution in [3.8, 4) is 0 Å². The van der Waals surface area contributed by atoms with E-state index in [2.05, 4.69) is 54.4 Å². The van der Waals surface area contributed by atoms with Crippen molar-refractivity contribution < 1.29 is 4.74 Å². The van der Waals surface area contributed by atoms with Gasteiger partial charge in [-0.3, -0.25) is 4.90 Å². The summed E-state index contributed by atoms with van der Waals surface area (Å²) in [5.41, 5.74) is 0. The van der Waals surface area contributed by atoms with Crippen LogP contribution < -0.4 is 5.32 Å². The van der Waals surface area contributed by atoms with Crippen LogP contribution in [-0.4, -0.2) is 55.6 Å². The van der Waals surface area contributed by atoms with Crippen molar-refractivity contribution in [1.29, 1.82) is 0 Å². The van der Waals surface area contributed by atoms with Gasteiger partial charge in [0.25, 0.3) is 0 Å². The summed E-state index contributed by atoms with van der Waals surface area (Å²) >= 11 is 1.95. The zero-order chi connectivity index (χ0) is 14.9. The van der Waals surface area contributed by atoms with E-state index in [9.17, 15) is 0 Å². The maximum absolute atomic E-state index is 5.42. The molecule has 118 valence electrons. The molecule has 1 atom stereocenters. The van der Waals surface area contributed by atoms with Gasteiger partial charge in [0, 0.05) is 35.8 Å². The average molecular weight is 308 g/mol. The van der Waals surface area contributed by atoms with E-state index in [4.69, 9.17) is 4.74 Å². The summed E-state index contributed by atoms with van der Waals surface area (Å²) in [4.78, 5) is 3.88. The van der Waals surface area contributed by atoms with Crippen LogP contribution >= 0.6 is 11.8 Å². The average Bonchev–Trinajstić information content (AvgIpc) is 2.51. The van der Waals surface area contributed by atoms with Crippen LogP contribution in [0.5, 0.6) is 0 Å². The fourth-order valence-corrected chi connectivity index (χ4v) is 3.57. The standard InChI is InChI=1S/C17H28N2OS/c1-15(2)18-16(8-9-19-10-12-20-13-11-19)14-21-17-6-4-3-5-7-17/h3-7,15-16,18H,8-14H2,1-2H3/t16-/m1/s1. The van der Waals surface area contributed by atoms with Crippen molar-refractivity contribution in [3.05, 3.63) is 30.3 Å². The highest BCUT2D eigenvalue weighted by Gasteiger charge is 2.15. The summed E-state index contributed by atoms with van der Waals surface area (Å²) in [6.07, 6.45) is 1.21. The maximum Gasteiger partial charge on any atom is 0.0594 e. The fourth-order valence-electron chi connectivity index (χ4n) is 2.56. The maximum atomic E-state index is 5.42. The lowest BCUT2D eigenvalue weighted by Crippen LogP contribution is -2.42. The quantitative estimate of drug-likeness (QED) is 0.746. The number of morpholine rings is 1. The Bertz CT molecular complexity index is 380. The van der Waals surface area contributed by atoms with Crippen LogP contribution in [0, 0.1) is 0 Å². The molecule has 3 nitrogen and oxygen atoms in total. The van der Waals surface area contributed by atoms with Crippen LogP contribution in [0.25, 0.3) is 0 Å². The van der Waals surface area contributed by atoms with Crippen molar-refractivity contribution in [1.82, 2.24) is 10.2 Å². The number of hydrogen-bond acceptors (Lipinski definition) is 4. The van der Waals surface area contributed by atoms with Gasteiger partial charge < -0.3 is 10.1 Å². The van der Waals surface area contributed by atoms with Gasteiger partial charge in [-0.2, -0.15) is 0 Å². The van der Waals surface area contributed by atoms with Crippen LogP contribution in [0.2, 0.25) is 0 Å². The Labute approximate surface area is 133 Å². The van der Waals surface area contributed by atoms with Crippen LogP contribution in [0.4, 0.5) is 0 Å². The molecule has 0 saturated carbocycles. The molecule has 0 spiro atoms. The van der Waals surface area contributed by atoms with E-state index >= 15 is 0 Å². The third-order valence-corrected chi connectivity index (χ3v) is 4.84. The molecule has 1 saturated heterocycles. The van der Waals surface area contributed by atoms with Gasteiger partial charge in [0.05, 0.1) is 13.2 Å². The summed E-state index contributed by atoms with van der Waals surface area (Å²) in [5.74, 6) is 1.13. The topological polar surface area (TPSA) is 24.5 Å². The zero-order valence-electron chi connectivity index (χ0n) is 13.3. The Morgan fingerprint density at radius 1 is 1.19 bits per heavy atom.